The Morgan fingerprint density at radius 3 is 2.64 bits per heavy atom. The van der Waals surface area contributed by atoms with Crippen LogP contribution < -0.4 is 14.2 Å². The Balaban J connectivity index is 1.44. The van der Waals surface area contributed by atoms with Gasteiger partial charge in [-0.05, 0) is 43.9 Å². The number of rotatable bonds is 8. The van der Waals surface area contributed by atoms with Crippen molar-refractivity contribution in [1.29, 1.82) is 0 Å². The summed E-state index contributed by atoms with van der Waals surface area (Å²) >= 11 is 0. The number of carbonyl (C=O) groups is 1. The number of benzene rings is 2. The van der Waals surface area contributed by atoms with Gasteiger partial charge < -0.3 is 29.0 Å². The van der Waals surface area contributed by atoms with Crippen molar-refractivity contribution in [1.82, 2.24) is 9.80 Å². The Labute approximate surface area is 231 Å². The highest BCUT2D eigenvalue weighted by molar-refractivity contribution is 5.96. The van der Waals surface area contributed by atoms with E-state index in [1.54, 1.807) is 19.2 Å². The summed E-state index contributed by atoms with van der Waals surface area (Å²) < 4.78 is 23.1. The quantitative estimate of drug-likeness (QED) is 0.537. The molecule has 2 aromatic rings. The van der Waals surface area contributed by atoms with Gasteiger partial charge in [-0.25, -0.2) is 0 Å². The highest BCUT2D eigenvalue weighted by Crippen LogP contribution is 2.47. The van der Waals surface area contributed by atoms with Gasteiger partial charge in [0, 0.05) is 64.3 Å². The standard InChI is InChI=1S/C31H40N2O6/c1-21(14-22-8-6-5-7-9-22)18-32(19-25-17-26(34)20-33(25)24-10-12-37-13-11-24)30(35)23-15-27(36-4)29-28(16-23)38-31(2,3)39-29/h5-9,14-16,24-26,34H,10-13,17-20H2,1-4H3. The molecule has 8 heteroatoms. The maximum absolute atomic E-state index is 14.2. The fourth-order valence-corrected chi connectivity index (χ4v) is 5.96. The Bertz CT molecular complexity index is 1190. The number of β-amino-alcohol motifs (C(OH)–C–C–N with tert-alkyl or cyclic N) is 1. The SMILES string of the molecule is COc1cc(C(=O)N(CC(C)=Cc2ccccc2)CC2CC(O)CN2C2CCOCC2)cc2c1OC(C)(C)O2. The molecule has 2 atom stereocenters. The third kappa shape index (κ3) is 6.40. The smallest absolute Gasteiger partial charge is 0.254 e. The van der Waals surface area contributed by atoms with Crippen molar-refractivity contribution in [3.05, 3.63) is 59.2 Å². The van der Waals surface area contributed by atoms with Gasteiger partial charge in [-0.15, -0.1) is 0 Å². The normalized spacial score (nSPS) is 23.2. The molecule has 1 N–H and O–H groups in total. The van der Waals surface area contributed by atoms with Gasteiger partial charge in [0.2, 0.25) is 11.5 Å². The maximum atomic E-state index is 14.2. The Morgan fingerprint density at radius 1 is 1.18 bits per heavy atom. The summed E-state index contributed by atoms with van der Waals surface area (Å²) in [5.41, 5.74) is 2.64. The molecule has 0 aromatic heterocycles. The predicted molar refractivity (Wildman–Crippen MR) is 149 cm³/mol. The molecule has 0 radical (unpaired) electrons. The lowest BCUT2D eigenvalue weighted by atomic mass is 10.0. The van der Waals surface area contributed by atoms with Gasteiger partial charge in [0.1, 0.15) is 0 Å². The number of nitrogens with zero attached hydrogens (tertiary/aromatic N) is 2. The van der Waals surface area contributed by atoms with Crippen LogP contribution in [-0.2, 0) is 4.74 Å². The predicted octanol–water partition coefficient (Wildman–Crippen LogP) is 4.36. The molecule has 3 heterocycles. The van der Waals surface area contributed by atoms with Crippen molar-refractivity contribution in [2.45, 2.75) is 64.0 Å². The zero-order valence-electron chi connectivity index (χ0n) is 23.4. The van der Waals surface area contributed by atoms with Gasteiger partial charge in [-0.1, -0.05) is 42.0 Å². The van der Waals surface area contributed by atoms with Gasteiger partial charge in [-0.2, -0.15) is 0 Å². The van der Waals surface area contributed by atoms with E-state index in [0.717, 1.165) is 37.2 Å². The zero-order chi connectivity index (χ0) is 27.6. The molecule has 8 nitrogen and oxygen atoms in total. The number of carbonyl (C=O) groups excluding carboxylic acids is 1. The fourth-order valence-electron chi connectivity index (χ4n) is 5.96. The van der Waals surface area contributed by atoms with Gasteiger partial charge >= 0.3 is 0 Å². The van der Waals surface area contributed by atoms with Crippen LogP contribution in [0, 0.1) is 0 Å². The summed E-state index contributed by atoms with van der Waals surface area (Å²) in [4.78, 5) is 18.5. The van der Waals surface area contributed by atoms with Gasteiger partial charge in [0.25, 0.3) is 5.91 Å². The number of aliphatic hydroxyl groups is 1. The summed E-state index contributed by atoms with van der Waals surface area (Å²) in [5, 5.41) is 10.6. The third-order valence-corrected chi connectivity index (χ3v) is 7.66. The van der Waals surface area contributed by atoms with E-state index in [4.69, 9.17) is 18.9 Å². The Hall–Kier alpha value is -3.07. The second-order valence-electron chi connectivity index (χ2n) is 11.3. The van der Waals surface area contributed by atoms with E-state index in [1.807, 2.05) is 36.9 Å². The second-order valence-corrected chi connectivity index (χ2v) is 11.3. The number of hydrogen-bond donors (Lipinski definition) is 1. The Morgan fingerprint density at radius 2 is 1.92 bits per heavy atom. The lowest BCUT2D eigenvalue weighted by Crippen LogP contribution is -2.48. The molecule has 3 aliphatic heterocycles. The zero-order valence-corrected chi connectivity index (χ0v) is 23.4. The molecule has 5 rings (SSSR count). The van der Waals surface area contributed by atoms with E-state index in [1.165, 1.54) is 0 Å². The lowest BCUT2D eigenvalue weighted by Gasteiger charge is -2.37. The van der Waals surface area contributed by atoms with Crippen molar-refractivity contribution in [2.24, 2.45) is 0 Å². The average Bonchev–Trinajstić information content (AvgIpc) is 3.45. The van der Waals surface area contributed by atoms with Crippen LogP contribution in [0.4, 0.5) is 0 Å². The molecule has 0 spiro atoms. The first-order valence-corrected chi connectivity index (χ1v) is 13.9. The van der Waals surface area contributed by atoms with Crippen molar-refractivity contribution >= 4 is 12.0 Å². The van der Waals surface area contributed by atoms with Crippen molar-refractivity contribution in [2.75, 3.05) is 40.0 Å². The lowest BCUT2D eigenvalue weighted by molar-refractivity contribution is -0.0439. The van der Waals surface area contributed by atoms with Gasteiger partial charge in [0.15, 0.2) is 11.5 Å². The first-order valence-electron chi connectivity index (χ1n) is 13.9. The number of hydrogen-bond acceptors (Lipinski definition) is 7. The van der Waals surface area contributed by atoms with E-state index >= 15 is 0 Å². The minimum absolute atomic E-state index is 0.0615. The second kappa shape index (κ2) is 11.6. The van der Waals surface area contributed by atoms with Crippen LogP contribution >= 0.6 is 0 Å². The summed E-state index contributed by atoms with van der Waals surface area (Å²) in [5.74, 6) is 0.530. The van der Waals surface area contributed by atoms with E-state index in [-0.39, 0.29) is 11.9 Å². The molecule has 210 valence electrons. The van der Waals surface area contributed by atoms with Crippen LogP contribution in [0.25, 0.3) is 6.08 Å². The molecular weight excluding hydrogens is 496 g/mol. The fraction of sp³-hybridized carbons (Fsp3) is 0.516. The average molecular weight is 537 g/mol. The molecule has 2 aromatic carbocycles. The van der Waals surface area contributed by atoms with E-state index in [0.29, 0.717) is 54.9 Å². The molecular formula is C31H40N2O6. The largest absolute Gasteiger partial charge is 0.493 e. The first kappa shape index (κ1) is 27.5. The highest BCUT2D eigenvalue weighted by atomic mass is 16.7. The van der Waals surface area contributed by atoms with Crippen LogP contribution in [-0.4, -0.2) is 84.7 Å². The molecule has 0 saturated carbocycles. The molecule has 2 saturated heterocycles. The van der Waals surface area contributed by atoms with E-state index in [2.05, 4.69) is 30.0 Å². The first-order chi connectivity index (χ1) is 18.7. The number of methoxy groups -OCH3 is 1. The van der Waals surface area contributed by atoms with Crippen LogP contribution in [0.2, 0.25) is 0 Å². The van der Waals surface area contributed by atoms with Crippen LogP contribution in [0.3, 0.4) is 0 Å². The number of fused-ring (bicyclic) bond motifs is 1. The Kier molecular flexibility index (Phi) is 8.16. The molecule has 39 heavy (non-hydrogen) atoms. The molecule has 0 bridgehead atoms. The van der Waals surface area contributed by atoms with E-state index < -0.39 is 11.9 Å². The van der Waals surface area contributed by atoms with E-state index in [9.17, 15) is 9.90 Å². The van der Waals surface area contributed by atoms with Crippen molar-refractivity contribution in [3.63, 3.8) is 0 Å². The summed E-state index contributed by atoms with van der Waals surface area (Å²) in [7, 11) is 1.56. The number of ether oxygens (including phenoxy) is 4. The summed E-state index contributed by atoms with van der Waals surface area (Å²) in [6, 6.07) is 14.0. The number of amides is 1. The molecule has 3 aliphatic rings. The van der Waals surface area contributed by atoms with Crippen molar-refractivity contribution < 1.29 is 28.8 Å². The minimum Gasteiger partial charge on any atom is -0.493 e. The maximum Gasteiger partial charge on any atom is 0.254 e. The number of likely N-dealkylation sites (tertiary alicyclic amines) is 1. The molecule has 2 fully saturated rings. The van der Waals surface area contributed by atoms with Crippen LogP contribution in [0.15, 0.2) is 48.0 Å². The minimum atomic E-state index is -0.837. The number of aliphatic hydroxyl groups excluding tert-OH is 1. The van der Waals surface area contributed by atoms with Crippen LogP contribution in [0.5, 0.6) is 17.2 Å². The topological polar surface area (TPSA) is 80.7 Å². The van der Waals surface area contributed by atoms with Gasteiger partial charge in [0.05, 0.1) is 13.2 Å². The summed E-state index contributed by atoms with van der Waals surface area (Å²) in [6.07, 6.45) is 4.24. The molecule has 0 aliphatic carbocycles. The molecule has 2 unspecified atom stereocenters. The summed E-state index contributed by atoms with van der Waals surface area (Å²) in [6.45, 7) is 8.78. The van der Waals surface area contributed by atoms with Gasteiger partial charge in [-0.3, -0.25) is 9.69 Å². The molecule has 1 amide bonds. The van der Waals surface area contributed by atoms with Crippen molar-refractivity contribution in [3.8, 4) is 17.2 Å². The monoisotopic (exact) mass is 536 g/mol. The van der Waals surface area contributed by atoms with Crippen LogP contribution in [0.1, 0.15) is 56.0 Å². The highest BCUT2D eigenvalue weighted by Gasteiger charge is 2.39. The third-order valence-electron chi connectivity index (χ3n) is 7.66.